The third-order valence-corrected chi connectivity index (χ3v) is 11.2. The lowest BCUT2D eigenvalue weighted by atomic mass is 9.98. The molecule has 12 aromatic rings. The summed E-state index contributed by atoms with van der Waals surface area (Å²) in [6.45, 7) is 0. The van der Waals surface area contributed by atoms with Crippen molar-refractivity contribution in [3.05, 3.63) is 224 Å². The Bertz CT molecular complexity index is 3890. The summed E-state index contributed by atoms with van der Waals surface area (Å²) in [5, 5.41) is -0.717. The van der Waals surface area contributed by atoms with Gasteiger partial charge in [-0.1, -0.05) is 121 Å². The van der Waals surface area contributed by atoms with E-state index in [-0.39, 0.29) is 39.2 Å². The highest BCUT2D eigenvalue weighted by atomic mass is 16.4. The van der Waals surface area contributed by atoms with Crippen molar-refractivity contribution in [2.75, 3.05) is 4.90 Å². The molecule has 0 bridgehead atoms. The van der Waals surface area contributed by atoms with Gasteiger partial charge in [-0.2, -0.15) is 0 Å². The second-order valence-electron chi connectivity index (χ2n) is 15.1. The summed E-state index contributed by atoms with van der Waals surface area (Å²) in [7, 11) is 0. The number of aromatic nitrogens is 2. The fraction of sp³-hybridized carbons (Fsp3) is 0. The number of fused-ring (bicyclic) bond motifs is 4. The number of rotatable bonds is 8. The van der Waals surface area contributed by atoms with E-state index in [4.69, 9.17) is 19.8 Å². The normalized spacial score (nSPS) is 13.5. The van der Waals surface area contributed by atoms with E-state index in [0.717, 1.165) is 72.6 Å². The second-order valence-corrected chi connectivity index (χ2v) is 15.1. The fourth-order valence-corrected chi connectivity index (χ4v) is 7.92. The zero-order valence-corrected chi connectivity index (χ0v) is 33.3. The highest BCUT2D eigenvalue weighted by molar-refractivity contribution is 6.00. The first kappa shape index (κ1) is 28.1. The number of hydrogen-bond acceptors (Lipinski definition) is 5. The van der Waals surface area contributed by atoms with Gasteiger partial charge in [-0.05, 0) is 158 Å². The summed E-state index contributed by atoms with van der Waals surface area (Å²) in [5.74, 6) is 1.10. The minimum atomic E-state index is -0.562. The predicted octanol–water partition coefficient (Wildman–Crippen LogP) is 16.1. The molecule has 0 radical (unpaired) electrons. The lowest BCUT2D eigenvalue weighted by Gasteiger charge is -2.26. The summed E-state index contributed by atoms with van der Waals surface area (Å²) in [6.07, 6.45) is 0. The monoisotopic (exact) mass is 816 g/mol. The van der Waals surface area contributed by atoms with E-state index >= 15 is 0 Å². The van der Waals surface area contributed by atoms with Gasteiger partial charge in [-0.15, -0.1) is 0 Å². The van der Waals surface area contributed by atoms with E-state index in [0.29, 0.717) is 17.3 Å². The van der Waals surface area contributed by atoms with Crippen LogP contribution in [0.15, 0.2) is 233 Å². The lowest BCUT2D eigenvalue weighted by Crippen LogP contribution is -2.09. The van der Waals surface area contributed by atoms with Crippen LogP contribution in [0.4, 0.5) is 17.1 Å². The van der Waals surface area contributed by atoms with Gasteiger partial charge in [0.15, 0.2) is 11.2 Å². The zero-order chi connectivity index (χ0) is 49.5. The van der Waals surface area contributed by atoms with Gasteiger partial charge in [0.2, 0.25) is 11.8 Å². The van der Waals surface area contributed by atoms with Crippen LogP contribution in [-0.4, -0.2) is 9.97 Å². The van der Waals surface area contributed by atoms with Crippen molar-refractivity contribution < 1.29 is 21.2 Å². The van der Waals surface area contributed by atoms with Crippen LogP contribution in [0.5, 0.6) is 0 Å². The van der Waals surface area contributed by atoms with E-state index in [1.165, 1.54) is 0 Å². The Kier molecular flexibility index (Phi) is 6.76. The second kappa shape index (κ2) is 15.2. The molecular weight excluding hydrogens is 771 g/mol. The summed E-state index contributed by atoms with van der Waals surface area (Å²) < 4.78 is 91.2. The van der Waals surface area contributed by atoms with Crippen LogP contribution < -0.4 is 4.90 Å². The van der Waals surface area contributed by atoms with Crippen molar-refractivity contribution in [3.8, 4) is 56.3 Å². The van der Waals surface area contributed by atoms with Crippen molar-refractivity contribution in [3.63, 3.8) is 0 Å². The van der Waals surface area contributed by atoms with Gasteiger partial charge in [0.1, 0.15) is 11.0 Å². The van der Waals surface area contributed by atoms with E-state index in [2.05, 4.69) is 39.1 Å². The summed E-state index contributed by atoms with van der Waals surface area (Å²) >= 11 is 0. The van der Waals surface area contributed by atoms with Crippen LogP contribution in [-0.2, 0) is 0 Å². The van der Waals surface area contributed by atoms with Gasteiger partial charge in [-0.3, -0.25) is 0 Å². The highest BCUT2D eigenvalue weighted by Crippen LogP contribution is 2.39. The average Bonchev–Trinajstić information content (AvgIpc) is 4.06. The first-order valence-electron chi connectivity index (χ1n) is 24.9. The van der Waals surface area contributed by atoms with Crippen LogP contribution >= 0.6 is 0 Å². The van der Waals surface area contributed by atoms with Crippen molar-refractivity contribution in [2.24, 2.45) is 0 Å². The molecule has 2 heterocycles. The third kappa shape index (κ3) is 6.88. The SMILES string of the molecule is [2H]c1c([2H])c([2H])c2c([2H])c3c([2H])c(-c4ccc(N(c5ccc(-c6ccc(-c7nc8ccccc8o7)cc6)cc5)c5ccc(-c6ccc(-c7nc8ccccc8o7)cc6)cc5)cc4)c([2H])c([2H])c3c([2H])c2c1[2H]. The lowest BCUT2D eigenvalue weighted by molar-refractivity contribution is 0.619. The standard InChI is InChI=1S/C58H37N3O2/c1-2-8-46-36-49-37-47(21-22-48(49)35-45(46)7-1)42-27-33-52(34-28-42)61(50-29-23-40(24-30-50)38-13-17-43(18-14-38)57-59-53-9-3-5-11-55(53)62-57)51-31-25-41(26-32-51)39-15-19-44(20-16-39)58-60-54-10-4-6-12-56(54)63-58/h1-37H/i1D,2D,7D,8D,21D,22D,35D,36D,37D. The van der Waals surface area contributed by atoms with E-state index < -0.39 is 42.3 Å². The largest absolute Gasteiger partial charge is 0.436 e. The molecule has 0 saturated carbocycles. The maximum absolute atomic E-state index is 9.37. The Labute approximate surface area is 376 Å². The predicted molar refractivity (Wildman–Crippen MR) is 258 cm³/mol. The van der Waals surface area contributed by atoms with Gasteiger partial charge in [0.25, 0.3) is 0 Å². The van der Waals surface area contributed by atoms with Crippen LogP contribution in [0.25, 0.3) is 100 Å². The molecule has 0 fully saturated rings. The summed E-state index contributed by atoms with van der Waals surface area (Å²) in [5.41, 5.74) is 11.8. The first-order chi connectivity index (χ1) is 34.9. The molecule has 0 unspecified atom stereocenters. The van der Waals surface area contributed by atoms with Crippen LogP contribution in [0.2, 0.25) is 0 Å². The Balaban J connectivity index is 0.910. The summed E-state index contributed by atoms with van der Waals surface area (Å²) in [4.78, 5) is 11.4. The van der Waals surface area contributed by atoms with Crippen molar-refractivity contribution in [1.29, 1.82) is 0 Å². The number of anilines is 3. The number of para-hydroxylation sites is 4. The van der Waals surface area contributed by atoms with Gasteiger partial charge in [0, 0.05) is 28.2 Å². The minimum Gasteiger partial charge on any atom is -0.436 e. The fourth-order valence-electron chi connectivity index (χ4n) is 7.92. The van der Waals surface area contributed by atoms with Gasteiger partial charge < -0.3 is 13.7 Å². The molecule has 0 saturated heterocycles. The maximum atomic E-state index is 9.37. The van der Waals surface area contributed by atoms with E-state index in [1.54, 1.807) is 12.1 Å². The molecule has 0 aliphatic carbocycles. The van der Waals surface area contributed by atoms with Gasteiger partial charge >= 0.3 is 0 Å². The molecule has 0 aliphatic rings. The molecule has 63 heavy (non-hydrogen) atoms. The highest BCUT2D eigenvalue weighted by Gasteiger charge is 2.16. The zero-order valence-electron chi connectivity index (χ0n) is 42.3. The molecule has 0 spiro atoms. The molecule has 0 atom stereocenters. The molecule has 10 aromatic carbocycles. The van der Waals surface area contributed by atoms with Crippen molar-refractivity contribution >= 4 is 60.8 Å². The number of oxazole rings is 2. The summed E-state index contributed by atoms with van der Waals surface area (Å²) in [6, 6.07) is 51.2. The molecule has 0 N–H and O–H groups in total. The van der Waals surface area contributed by atoms with Crippen LogP contribution in [0.3, 0.4) is 0 Å². The third-order valence-electron chi connectivity index (χ3n) is 11.2. The van der Waals surface area contributed by atoms with Gasteiger partial charge in [0.05, 0.1) is 12.3 Å². The molecule has 2 aromatic heterocycles. The Morgan fingerprint density at radius 2 is 0.698 bits per heavy atom. The molecule has 0 aliphatic heterocycles. The van der Waals surface area contributed by atoms with Gasteiger partial charge in [-0.25, -0.2) is 9.97 Å². The molecular formula is C58H37N3O2. The van der Waals surface area contributed by atoms with E-state index in [9.17, 15) is 1.37 Å². The topological polar surface area (TPSA) is 55.3 Å². The molecule has 5 nitrogen and oxygen atoms in total. The number of hydrogen-bond donors (Lipinski definition) is 0. The first-order valence-corrected chi connectivity index (χ1v) is 20.4. The Morgan fingerprint density at radius 3 is 1.14 bits per heavy atom. The molecule has 296 valence electrons. The van der Waals surface area contributed by atoms with Crippen molar-refractivity contribution in [2.45, 2.75) is 0 Å². The smallest absolute Gasteiger partial charge is 0.227 e. The minimum absolute atomic E-state index is 0.0663. The number of nitrogens with zero attached hydrogens (tertiary/aromatic N) is 3. The number of benzene rings is 10. The quantitative estimate of drug-likeness (QED) is 0.143. The van der Waals surface area contributed by atoms with Crippen LogP contribution in [0, 0.1) is 0 Å². The van der Waals surface area contributed by atoms with E-state index in [1.807, 2.05) is 133 Å². The average molecular weight is 817 g/mol. The van der Waals surface area contributed by atoms with Crippen LogP contribution in [0.1, 0.15) is 12.3 Å². The molecule has 0 amide bonds. The Hall–Kier alpha value is -8.54. The van der Waals surface area contributed by atoms with Crippen molar-refractivity contribution in [1.82, 2.24) is 9.97 Å². The molecule has 5 heteroatoms. The maximum Gasteiger partial charge on any atom is 0.227 e. The molecule has 12 rings (SSSR count). The Morgan fingerprint density at radius 1 is 0.333 bits per heavy atom.